The van der Waals surface area contributed by atoms with E-state index in [2.05, 4.69) is 17.1 Å². The maximum absolute atomic E-state index is 11.9. The Morgan fingerprint density at radius 2 is 2.33 bits per heavy atom. The second kappa shape index (κ2) is 7.43. The van der Waals surface area contributed by atoms with Gasteiger partial charge in [-0.15, -0.1) is 0 Å². The fourth-order valence-electron chi connectivity index (χ4n) is 2.62. The lowest BCUT2D eigenvalue weighted by Gasteiger charge is -2.34. The van der Waals surface area contributed by atoms with Crippen molar-refractivity contribution in [2.24, 2.45) is 5.92 Å². The van der Waals surface area contributed by atoms with E-state index in [1.165, 1.54) is 0 Å². The fourth-order valence-corrected chi connectivity index (χ4v) is 2.62. The molecule has 1 fully saturated rings. The van der Waals surface area contributed by atoms with Crippen LogP contribution in [0.5, 0.6) is 0 Å². The van der Waals surface area contributed by atoms with Crippen LogP contribution in [0.1, 0.15) is 26.2 Å². The minimum Gasteiger partial charge on any atom is -0.399 e. The van der Waals surface area contributed by atoms with Crippen LogP contribution in [0.25, 0.3) is 0 Å². The van der Waals surface area contributed by atoms with E-state index in [1.54, 1.807) is 12.1 Å². The minimum absolute atomic E-state index is 0.00604. The summed E-state index contributed by atoms with van der Waals surface area (Å²) in [6.45, 7) is 4.67. The molecule has 0 radical (unpaired) electrons. The lowest BCUT2D eigenvalue weighted by molar-refractivity contribution is -0.116. The van der Waals surface area contributed by atoms with E-state index in [0.29, 0.717) is 18.0 Å². The van der Waals surface area contributed by atoms with Crippen molar-refractivity contribution < 1.29 is 9.90 Å². The number of nitrogens with zero attached hydrogens (tertiary/aromatic N) is 1. The van der Waals surface area contributed by atoms with Gasteiger partial charge in [0.1, 0.15) is 0 Å². The van der Waals surface area contributed by atoms with Crippen LogP contribution in [-0.2, 0) is 4.79 Å². The van der Waals surface area contributed by atoms with E-state index >= 15 is 0 Å². The molecule has 1 aliphatic rings. The van der Waals surface area contributed by atoms with Gasteiger partial charge in [0, 0.05) is 24.3 Å². The Labute approximate surface area is 126 Å². The number of nitrogens with one attached hydrogen (secondary N) is 1. The summed E-state index contributed by atoms with van der Waals surface area (Å²) in [6.07, 6.45) is 2.07. The van der Waals surface area contributed by atoms with Crippen LogP contribution in [0.4, 0.5) is 11.4 Å². The molecule has 0 aliphatic carbocycles. The molecule has 2 rings (SSSR count). The van der Waals surface area contributed by atoms with Gasteiger partial charge in [-0.3, -0.25) is 4.79 Å². The van der Waals surface area contributed by atoms with Crippen molar-refractivity contribution in [1.82, 2.24) is 4.90 Å². The average Bonchev–Trinajstić information content (AvgIpc) is 2.43. The van der Waals surface area contributed by atoms with E-state index < -0.39 is 0 Å². The summed E-state index contributed by atoms with van der Waals surface area (Å²) in [7, 11) is 0. The van der Waals surface area contributed by atoms with Crippen molar-refractivity contribution in [3.05, 3.63) is 24.3 Å². The van der Waals surface area contributed by atoms with Gasteiger partial charge in [-0.05, 0) is 50.0 Å². The van der Waals surface area contributed by atoms with Crippen LogP contribution < -0.4 is 11.1 Å². The van der Waals surface area contributed by atoms with E-state index in [9.17, 15) is 9.90 Å². The first-order valence-electron chi connectivity index (χ1n) is 7.60. The smallest absolute Gasteiger partial charge is 0.224 e. The molecule has 1 heterocycles. The lowest BCUT2D eigenvalue weighted by Crippen LogP contribution is -2.43. The second-order valence-electron chi connectivity index (χ2n) is 5.91. The molecule has 0 bridgehead atoms. The summed E-state index contributed by atoms with van der Waals surface area (Å²) in [4.78, 5) is 14.1. The number of β-amino-alcohol motifs (C(OH)–C–C–N with tert-alkyl or cyclic N) is 1. The van der Waals surface area contributed by atoms with Gasteiger partial charge in [-0.2, -0.15) is 0 Å². The molecule has 1 aromatic carbocycles. The highest BCUT2D eigenvalue weighted by atomic mass is 16.3. The number of piperidine rings is 1. The Bertz CT molecular complexity index is 478. The number of aliphatic hydroxyl groups excluding tert-OH is 1. The third kappa shape index (κ3) is 5.02. The largest absolute Gasteiger partial charge is 0.399 e. The zero-order valence-corrected chi connectivity index (χ0v) is 12.6. The minimum atomic E-state index is -0.236. The molecule has 21 heavy (non-hydrogen) atoms. The number of carbonyl (C=O) groups is 1. The third-order valence-corrected chi connectivity index (χ3v) is 4.05. The number of aliphatic hydroxyl groups is 1. The molecule has 2 atom stereocenters. The van der Waals surface area contributed by atoms with Gasteiger partial charge in [0.25, 0.3) is 0 Å². The van der Waals surface area contributed by atoms with Crippen LogP contribution >= 0.6 is 0 Å². The van der Waals surface area contributed by atoms with Gasteiger partial charge in [0.15, 0.2) is 0 Å². The summed E-state index contributed by atoms with van der Waals surface area (Å²) in [5, 5.41) is 12.7. The number of rotatable bonds is 5. The van der Waals surface area contributed by atoms with Crippen molar-refractivity contribution in [2.45, 2.75) is 32.3 Å². The first-order chi connectivity index (χ1) is 10.0. The molecule has 2 unspecified atom stereocenters. The van der Waals surface area contributed by atoms with Crippen LogP contribution in [0.15, 0.2) is 24.3 Å². The number of hydrogen-bond donors (Lipinski definition) is 3. The molecule has 5 heteroatoms. The summed E-state index contributed by atoms with van der Waals surface area (Å²) in [5.41, 5.74) is 7.06. The standard InChI is InChI=1S/C16H25N3O2/c1-12-7-9-19(11-15(12)20)8-3-6-16(21)18-14-5-2-4-13(17)10-14/h2,4-5,10,12,15,20H,3,6-9,11,17H2,1H3,(H,18,21). The van der Waals surface area contributed by atoms with E-state index in [0.717, 1.165) is 38.2 Å². The quantitative estimate of drug-likeness (QED) is 0.721. The van der Waals surface area contributed by atoms with Gasteiger partial charge in [0.2, 0.25) is 5.91 Å². The highest BCUT2D eigenvalue weighted by Gasteiger charge is 2.23. The summed E-state index contributed by atoms with van der Waals surface area (Å²) < 4.78 is 0. The molecule has 5 nitrogen and oxygen atoms in total. The fraction of sp³-hybridized carbons (Fsp3) is 0.562. The predicted molar refractivity (Wildman–Crippen MR) is 84.9 cm³/mol. The van der Waals surface area contributed by atoms with E-state index in [-0.39, 0.29) is 12.0 Å². The van der Waals surface area contributed by atoms with Crippen molar-refractivity contribution in [1.29, 1.82) is 0 Å². The number of nitrogen functional groups attached to an aromatic ring is 1. The first-order valence-corrected chi connectivity index (χ1v) is 7.60. The summed E-state index contributed by atoms with van der Waals surface area (Å²) >= 11 is 0. The number of anilines is 2. The van der Waals surface area contributed by atoms with Gasteiger partial charge in [-0.1, -0.05) is 13.0 Å². The van der Waals surface area contributed by atoms with Gasteiger partial charge < -0.3 is 21.1 Å². The summed E-state index contributed by atoms with van der Waals surface area (Å²) in [6, 6.07) is 7.19. The number of carbonyl (C=O) groups excluding carboxylic acids is 1. The van der Waals surface area contributed by atoms with Crippen molar-refractivity contribution in [3.8, 4) is 0 Å². The maximum Gasteiger partial charge on any atom is 0.224 e. The van der Waals surface area contributed by atoms with E-state index in [1.807, 2.05) is 12.1 Å². The van der Waals surface area contributed by atoms with Crippen molar-refractivity contribution in [3.63, 3.8) is 0 Å². The molecule has 1 amide bonds. The number of amides is 1. The SMILES string of the molecule is CC1CCN(CCCC(=O)Nc2cccc(N)c2)CC1O. The van der Waals surface area contributed by atoms with Gasteiger partial charge in [0.05, 0.1) is 6.10 Å². The number of nitrogens with two attached hydrogens (primary N) is 1. The number of benzene rings is 1. The third-order valence-electron chi connectivity index (χ3n) is 4.05. The van der Waals surface area contributed by atoms with Crippen molar-refractivity contribution >= 4 is 17.3 Å². The molecule has 1 aromatic rings. The highest BCUT2D eigenvalue weighted by Crippen LogP contribution is 2.17. The molecule has 0 saturated carbocycles. The number of likely N-dealkylation sites (tertiary alicyclic amines) is 1. The van der Waals surface area contributed by atoms with Crippen LogP contribution in [0, 0.1) is 5.92 Å². The summed E-state index contributed by atoms with van der Waals surface area (Å²) in [5.74, 6) is 0.389. The molecular weight excluding hydrogens is 266 g/mol. The lowest BCUT2D eigenvalue weighted by atomic mass is 9.96. The number of hydrogen-bond acceptors (Lipinski definition) is 4. The first kappa shape index (κ1) is 15.8. The topological polar surface area (TPSA) is 78.6 Å². The molecule has 0 aromatic heterocycles. The Morgan fingerprint density at radius 1 is 1.52 bits per heavy atom. The zero-order valence-electron chi connectivity index (χ0n) is 12.6. The molecule has 116 valence electrons. The Balaban J connectivity index is 1.68. The monoisotopic (exact) mass is 291 g/mol. The molecule has 1 saturated heterocycles. The van der Waals surface area contributed by atoms with Gasteiger partial charge >= 0.3 is 0 Å². The molecular formula is C16H25N3O2. The second-order valence-corrected chi connectivity index (χ2v) is 5.91. The zero-order chi connectivity index (χ0) is 15.2. The van der Waals surface area contributed by atoms with Crippen LogP contribution in [-0.4, -0.2) is 41.7 Å². The Morgan fingerprint density at radius 3 is 3.05 bits per heavy atom. The normalized spacial score (nSPS) is 23.0. The highest BCUT2D eigenvalue weighted by molar-refractivity contribution is 5.91. The average molecular weight is 291 g/mol. The maximum atomic E-state index is 11.9. The predicted octanol–water partition coefficient (Wildman–Crippen LogP) is 1.69. The van der Waals surface area contributed by atoms with Gasteiger partial charge in [-0.25, -0.2) is 0 Å². The van der Waals surface area contributed by atoms with Crippen molar-refractivity contribution in [2.75, 3.05) is 30.7 Å². The van der Waals surface area contributed by atoms with E-state index in [4.69, 9.17) is 5.73 Å². The molecule has 4 N–H and O–H groups in total. The van der Waals surface area contributed by atoms with Crippen LogP contribution in [0.2, 0.25) is 0 Å². The van der Waals surface area contributed by atoms with Crippen LogP contribution in [0.3, 0.4) is 0 Å². The molecule has 0 spiro atoms. The Kier molecular flexibility index (Phi) is 5.59. The Hall–Kier alpha value is -1.59. The molecule has 1 aliphatic heterocycles.